The third-order valence-electron chi connectivity index (χ3n) is 2.14. The van der Waals surface area contributed by atoms with Crippen LogP contribution in [-0.2, 0) is 0 Å². The molecule has 0 atom stereocenters. The summed E-state index contributed by atoms with van der Waals surface area (Å²) in [5.41, 5.74) is 0.890. The predicted octanol–water partition coefficient (Wildman–Crippen LogP) is 2.70. The number of aromatic nitrogens is 3. The van der Waals surface area contributed by atoms with Crippen LogP contribution in [0.5, 0.6) is 0 Å². The zero-order valence-electron chi connectivity index (χ0n) is 9.32. The van der Waals surface area contributed by atoms with Crippen molar-refractivity contribution < 1.29 is 0 Å². The summed E-state index contributed by atoms with van der Waals surface area (Å²) < 4.78 is 0.534. The highest BCUT2D eigenvalue weighted by atomic mass is 127. The molecule has 7 heteroatoms. The molecule has 0 amide bonds. The molecule has 5 nitrogen and oxygen atoms in total. The molecule has 90 valence electrons. The Hall–Kier alpha value is -0.960. The maximum Gasteiger partial charge on any atom is 0.266 e. The van der Waals surface area contributed by atoms with Crippen LogP contribution in [0.1, 0.15) is 25.5 Å². The third-order valence-corrected chi connectivity index (χ3v) is 3.91. The van der Waals surface area contributed by atoms with Gasteiger partial charge in [-0.2, -0.15) is 0 Å². The van der Waals surface area contributed by atoms with Crippen molar-refractivity contribution in [2.45, 2.75) is 19.8 Å². The highest BCUT2D eigenvalue weighted by Gasteiger charge is 2.09. The van der Waals surface area contributed by atoms with Crippen molar-refractivity contribution in [1.82, 2.24) is 15.0 Å². The van der Waals surface area contributed by atoms with Gasteiger partial charge in [-0.3, -0.25) is 4.79 Å². The van der Waals surface area contributed by atoms with Gasteiger partial charge in [-0.25, -0.2) is 9.97 Å². The quantitative estimate of drug-likeness (QED) is 0.824. The highest BCUT2D eigenvalue weighted by Crippen LogP contribution is 2.24. The van der Waals surface area contributed by atoms with Crippen LogP contribution in [0.2, 0.25) is 0 Å². The minimum atomic E-state index is -0.149. The van der Waals surface area contributed by atoms with E-state index in [-0.39, 0.29) is 5.56 Å². The van der Waals surface area contributed by atoms with Gasteiger partial charge in [0.15, 0.2) is 10.9 Å². The number of thiazole rings is 1. The zero-order chi connectivity index (χ0) is 12.4. The molecule has 0 aliphatic rings. The van der Waals surface area contributed by atoms with Crippen molar-refractivity contribution in [1.29, 1.82) is 0 Å². The van der Waals surface area contributed by atoms with Crippen LogP contribution in [0.4, 0.5) is 10.9 Å². The van der Waals surface area contributed by atoms with Gasteiger partial charge in [0.1, 0.15) is 3.57 Å². The second-order valence-electron chi connectivity index (χ2n) is 3.75. The second kappa shape index (κ2) is 5.13. The van der Waals surface area contributed by atoms with Gasteiger partial charge in [0.2, 0.25) is 0 Å². The molecule has 0 spiro atoms. The van der Waals surface area contributed by atoms with Crippen molar-refractivity contribution in [2.75, 3.05) is 5.32 Å². The van der Waals surface area contributed by atoms with Gasteiger partial charge < -0.3 is 10.3 Å². The number of nitrogens with one attached hydrogen (secondary N) is 2. The number of nitrogens with zero attached hydrogens (tertiary/aromatic N) is 2. The smallest absolute Gasteiger partial charge is 0.266 e. The lowest BCUT2D eigenvalue weighted by molar-refractivity contribution is 0.834. The molecular weight excluding hydrogens is 351 g/mol. The van der Waals surface area contributed by atoms with Crippen molar-refractivity contribution in [3.8, 4) is 0 Å². The Morgan fingerprint density at radius 3 is 2.94 bits per heavy atom. The van der Waals surface area contributed by atoms with Crippen molar-refractivity contribution in [3.05, 3.63) is 31.3 Å². The molecule has 0 fully saturated rings. The lowest BCUT2D eigenvalue weighted by atomic mass is 10.2. The normalized spacial score (nSPS) is 10.8. The molecule has 2 heterocycles. The number of hydrogen-bond acceptors (Lipinski definition) is 5. The van der Waals surface area contributed by atoms with Crippen molar-refractivity contribution in [3.63, 3.8) is 0 Å². The molecule has 2 rings (SSSR count). The summed E-state index contributed by atoms with van der Waals surface area (Å²) in [6, 6.07) is 0. The Bertz CT molecular complexity index is 578. The molecule has 2 aromatic heterocycles. The first-order valence-electron chi connectivity index (χ1n) is 5.03. The van der Waals surface area contributed by atoms with E-state index < -0.39 is 0 Å². The predicted molar refractivity (Wildman–Crippen MR) is 77.1 cm³/mol. The first-order chi connectivity index (χ1) is 8.08. The number of aromatic amines is 1. The SMILES string of the molecule is CC(C)c1csc(Nc2nc[nH]c(=O)c2I)n1. The fourth-order valence-electron chi connectivity index (χ4n) is 1.18. The van der Waals surface area contributed by atoms with E-state index in [4.69, 9.17) is 0 Å². The standard InChI is InChI=1S/C10H11IN4OS/c1-5(2)6-3-17-10(14-6)15-8-7(11)9(16)13-4-12-8/h3-5H,1-2H3,(H2,12,13,14,15,16). The minimum absolute atomic E-state index is 0.149. The molecule has 0 saturated heterocycles. The van der Waals surface area contributed by atoms with E-state index in [9.17, 15) is 4.79 Å². The summed E-state index contributed by atoms with van der Waals surface area (Å²) in [6.07, 6.45) is 1.38. The summed E-state index contributed by atoms with van der Waals surface area (Å²) in [4.78, 5) is 22.4. The number of halogens is 1. The Morgan fingerprint density at radius 1 is 1.53 bits per heavy atom. The van der Waals surface area contributed by atoms with Gasteiger partial charge >= 0.3 is 0 Å². The van der Waals surface area contributed by atoms with Crippen LogP contribution < -0.4 is 10.9 Å². The molecule has 0 unspecified atom stereocenters. The van der Waals surface area contributed by atoms with Gasteiger partial charge in [-0.1, -0.05) is 13.8 Å². The first-order valence-corrected chi connectivity index (χ1v) is 6.99. The molecule has 0 aliphatic heterocycles. The molecule has 0 aromatic carbocycles. The van der Waals surface area contributed by atoms with Crippen LogP contribution in [0, 0.1) is 3.57 Å². The van der Waals surface area contributed by atoms with Crippen molar-refractivity contribution >= 4 is 44.9 Å². The molecule has 0 radical (unpaired) electrons. The Balaban J connectivity index is 2.25. The number of anilines is 2. The Labute approximate surface area is 116 Å². The fourth-order valence-corrected chi connectivity index (χ4v) is 2.48. The van der Waals surface area contributed by atoms with Gasteiger partial charge in [0.25, 0.3) is 5.56 Å². The summed E-state index contributed by atoms with van der Waals surface area (Å²) in [7, 11) is 0. The van der Waals surface area contributed by atoms with Crippen LogP contribution >= 0.6 is 33.9 Å². The summed E-state index contributed by atoms with van der Waals surface area (Å²) in [5, 5.41) is 5.82. The van der Waals surface area contributed by atoms with E-state index in [1.165, 1.54) is 17.7 Å². The number of rotatable bonds is 3. The second-order valence-corrected chi connectivity index (χ2v) is 5.69. The molecule has 0 bridgehead atoms. The first kappa shape index (κ1) is 12.5. The van der Waals surface area contributed by atoms with Crippen molar-refractivity contribution in [2.24, 2.45) is 0 Å². The third kappa shape index (κ3) is 2.83. The van der Waals surface area contributed by atoms with Crippen LogP contribution in [0.3, 0.4) is 0 Å². The number of H-pyrrole nitrogens is 1. The fraction of sp³-hybridized carbons (Fsp3) is 0.300. The lowest BCUT2D eigenvalue weighted by Gasteiger charge is -2.02. The van der Waals surface area contributed by atoms with E-state index in [1.807, 2.05) is 28.0 Å². The average molecular weight is 362 g/mol. The summed E-state index contributed by atoms with van der Waals surface area (Å²) in [5.74, 6) is 0.937. The highest BCUT2D eigenvalue weighted by molar-refractivity contribution is 14.1. The van der Waals surface area contributed by atoms with Crippen LogP contribution in [-0.4, -0.2) is 15.0 Å². The van der Waals surface area contributed by atoms with Gasteiger partial charge in [0.05, 0.1) is 12.0 Å². The molecule has 0 aliphatic carbocycles. The largest absolute Gasteiger partial charge is 0.315 e. The van der Waals surface area contributed by atoms with Gasteiger partial charge in [0, 0.05) is 5.38 Å². The molecule has 2 N–H and O–H groups in total. The van der Waals surface area contributed by atoms with E-state index in [0.717, 1.165) is 10.8 Å². The monoisotopic (exact) mass is 362 g/mol. The number of hydrogen-bond donors (Lipinski definition) is 2. The minimum Gasteiger partial charge on any atom is -0.315 e. The summed E-state index contributed by atoms with van der Waals surface area (Å²) >= 11 is 3.47. The maximum atomic E-state index is 11.4. The average Bonchev–Trinajstić information content (AvgIpc) is 2.73. The van der Waals surface area contributed by atoms with Gasteiger partial charge in [-0.15, -0.1) is 11.3 Å². The Morgan fingerprint density at radius 2 is 2.29 bits per heavy atom. The van der Waals surface area contributed by atoms with E-state index >= 15 is 0 Å². The summed E-state index contributed by atoms with van der Waals surface area (Å²) in [6.45, 7) is 4.18. The molecular formula is C10H11IN4OS. The molecule has 2 aromatic rings. The van der Waals surface area contributed by atoms with Crippen LogP contribution in [0.15, 0.2) is 16.5 Å². The zero-order valence-corrected chi connectivity index (χ0v) is 12.3. The van der Waals surface area contributed by atoms with E-state index in [2.05, 4.69) is 34.1 Å². The van der Waals surface area contributed by atoms with Gasteiger partial charge in [-0.05, 0) is 28.5 Å². The van der Waals surface area contributed by atoms with E-state index in [1.54, 1.807) is 0 Å². The topological polar surface area (TPSA) is 70.7 Å². The lowest BCUT2D eigenvalue weighted by Crippen LogP contribution is -2.12. The Kier molecular flexibility index (Phi) is 3.77. The molecule has 0 saturated carbocycles. The van der Waals surface area contributed by atoms with E-state index in [0.29, 0.717) is 15.3 Å². The maximum absolute atomic E-state index is 11.4. The van der Waals surface area contributed by atoms with Crippen LogP contribution in [0.25, 0.3) is 0 Å². The molecule has 17 heavy (non-hydrogen) atoms.